The van der Waals surface area contributed by atoms with Crippen LogP contribution in [0.5, 0.6) is 0 Å². The van der Waals surface area contributed by atoms with Gasteiger partial charge in [-0.3, -0.25) is 4.98 Å². The van der Waals surface area contributed by atoms with Gasteiger partial charge in [0.1, 0.15) is 0 Å². The smallest absolute Gasteiger partial charge is 0.0587 e. The fraction of sp³-hybridized carbons (Fsp3) is 0.615. The van der Waals surface area contributed by atoms with Gasteiger partial charge in [-0.15, -0.1) is 0 Å². The summed E-state index contributed by atoms with van der Waals surface area (Å²) >= 11 is 0. The van der Waals surface area contributed by atoms with E-state index >= 15 is 0 Å². The van der Waals surface area contributed by atoms with E-state index in [1.165, 1.54) is 5.56 Å². The number of nitrogens with zero attached hydrogens (tertiary/aromatic N) is 1. The predicted molar refractivity (Wildman–Crippen MR) is 70.2 cm³/mol. The molecule has 0 saturated heterocycles. The van der Waals surface area contributed by atoms with Gasteiger partial charge in [0.2, 0.25) is 0 Å². The van der Waals surface area contributed by atoms with Crippen molar-refractivity contribution in [3.63, 3.8) is 0 Å². The van der Waals surface area contributed by atoms with Gasteiger partial charge in [0.15, 0.2) is 0 Å². The van der Waals surface area contributed by atoms with Crippen LogP contribution in [0.15, 0.2) is 24.5 Å². The minimum absolute atomic E-state index is 0.475. The molecule has 1 atom stereocenters. The summed E-state index contributed by atoms with van der Waals surface area (Å²) in [7, 11) is 1.72. The summed E-state index contributed by atoms with van der Waals surface area (Å²) in [5.41, 5.74) is 1.28. The summed E-state index contributed by atoms with van der Waals surface area (Å²) in [4.78, 5) is 4.10. The number of aromatic nitrogens is 1. The zero-order valence-electron chi connectivity index (χ0n) is 10.8. The molecular formula is C13H23N3O. The largest absolute Gasteiger partial charge is 0.383 e. The van der Waals surface area contributed by atoms with Crippen molar-refractivity contribution in [2.45, 2.75) is 19.4 Å². The molecule has 4 heteroatoms. The fourth-order valence-corrected chi connectivity index (χ4v) is 1.57. The van der Waals surface area contributed by atoms with E-state index in [2.05, 4.69) is 28.6 Å². The molecule has 0 spiro atoms. The number of rotatable bonds is 9. The first-order valence-corrected chi connectivity index (χ1v) is 6.15. The quantitative estimate of drug-likeness (QED) is 0.625. The highest BCUT2D eigenvalue weighted by atomic mass is 16.5. The number of hydrogen-bond acceptors (Lipinski definition) is 4. The molecule has 1 aromatic heterocycles. The Balaban J connectivity index is 2.02. The van der Waals surface area contributed by atoms with Gasteiger partial charge in [0.25, 0.3) is 0 Å². The summed E-state index contributed by atoms with van der Waals surface area (Å²) < 4.78 is 4.97. The zero-order valence-corrected chi connectivity index (χ0v) is 10.8. The Morgan fingerprint density at radius 2 is 2.29 bits per heavy atom. The van der Waals surface area contributed by atoms with Crippen molar-refractivity contribution in [1.29, 1.82) is 0 Å². The van der Waals surface area contributed by atoms with Crippen LogP contribution in [0, 0.1) is 0 Å². The second-order valence-corrected chi connectivity index (χ2v) is 4.16. The summed E-state index contributed by atoms with van der Waals surface area (Å²) in [5, 5.41) is 6.81. The first-order valence-electron chi connectivity index (χ1n) is 6.15. The van der Waals surface area contributed by atoms with Gasteiger partial charge in [-0.25, -0.2) is 0 Å². The minimum Gasteiger partial charge on any atom is -0.383 e. The zero-order chi connectivity index (χ0) is 12.3. The summed E-state index contributed by atoms with van der Waals surface area (Å²) in [5.74, 6) is 0. The molecule has 1 unspecified atom stereocenters. The van der Waals surface area contributed by atoms with E-state index in [1.807, 2.05) is 12.3 Å². The van der Waals surface area contributed by atoms with Crippen molar-refractivity contribution >= 4 is 0 Å². The molecule has 0 aliphatic heterocycles. The Labute approximate surface area is 104 Å². The second-order valence-electron chi connectivity index (χ2n) is 4.16. The van der Waals surface area contributed by atoms with E-state index in [4.69, 9.17) is 4.74 Å². The van der Waals surface area contributed by atoms with Crippen LogP contribution in [-0.4, -0.2) is 44.4 Å². The normalized spacial score (nSPS) is 12.6. The third-order valence-corrected chi connectivity index (χ3v) is 2.56. The molecule has 1 heterocycles. The molecule has 0 aromatic carbocycles. The van der Waals surface area contributed by atoms with Crippen LogP contribution in [0.25, 0.3) is 0 Å². The number of nitrogens with one attached hydrogen (secondary N) is 2. The van der Waals surface area contributed by atoms with Gasteiger partial charge in [-0.2, -0.15) is 0 Å². The van der Waals surface area contributed by atoms with Crippen molar-refractivity contribution in [2.24, 2.45) is 0 Å². The van der Waals surface area contributed by atoms with Crippen LogP contribution in [0.2, 0.25) is 0 Å². The molecule has 0 aliphatic carbocycles. The van der Waals surface area contributed by atoms with Crippen LogP contribution >= 0.6 is 0 Å². The standard InChI is InChI=1S/C13H23N3O/c1-12(10-15-8-9-17-2)16-7-5-13-4-3-6-14-11-13/h3-4,6,11-12,15-16H,5,7-10H2,1-2H3. The third-order valence-electron chi connectivity index (χ3n) is 2.56. The third kappa shape index (κ3) is 7.05. The van der Waals surface area contributed by atoms with Gasteiger partial charge >= 0.3 is 0 Å². The van der Waals surface area contributed by atoms with E-state index in [-0.39, 0.29) is 0 Å². The monoisotopic (exact) mass is 237 g/mol. The van der Waals surface area contributed by atoms with Crippen molar-refractivity contribution in [3.8, 4) is 0 Å². The van der Waals surface area contributed by atoms with E-state index in [1.54, 1.807) is 13.3 Å². The molecule has 0 bridgehead atoms. The lowest BCUT2D eigenvalue weighted by Crippen LogP contribution is -2.38. The van der Waals surface area contributed by atoms with Gasteiger partial charge in [0.05, 0.1) is 6.61 Å². The van der Waals surface area contributed by atoms with Crippen molar-refractivity contribution in [2.75, 3.05) is 33.4 Å². The Morgan fingerprint density at radius 1 is 1.41 bits per heavy atom. The average Bonchev–Trinajstić information content (AvgIpc) is 2.36. The molecule has 0 radical (unpaired) electrons. The van der Waals surface area contributed by atoms with Crippen LogP contribution in [0.3, 0.4) is 0 Å². The van der Waals surface area contributed by atoms with E-state index < -0.39 is 0 Å². The van der Waals surface area contributed by atoms with Gasteiger partial charge in [-0.1, -0.05) is 6.07 Å². The minimum atomic E-state index is 0.475. The first-order chi connectivity index (χ1) is 8.33. The number of methoxy groups -OCH3 is 1. The lowest BCUT2D eigenvalue weighted by atomic mass is 10.2. The summed E-state index contributed by atoms with van der Waals surface area (Å²) in [6.07, 6.45) is 4.75. The number of pyridine rings is 1. The van der Waals surface area contributed by atoms with Crippen molar-refractivity contribution < 1.29 is 4.74 Å². The van der Waals surface area contributed by atoms with Crippen molar-refractivity contribution in [3.05, 3.63) is 30.1 Å². The molecule has 4 nitrogen and oxygen atoms in total. The Morgan fingerprint density at radius 3 is 3.00 bits per heavy atom. The van der Waals surface area contributed by atoms with E-state index in [9.17, 15) is 0 Å². The maximum absolute atomic E-state index is 4.97. The Kier molecular flexibility index (Phi) is 7.54. The second kappa shape index (κ2) is 9.10. The lowest BCUT2D eigenvalue weighted by Gasteiger charge is -2.14. The highest BCUT2D eigenvalue weighted by Crippen LogP contribution is 1.95. The van der Waals surface area contributed by atoms with Gasteiger partial charge < -0.3 is 15.4 Å². The molecule has 1 aromatic rings. The lowest BCUT2D eigenvalue weighted by molar-refractivity contribution is 0.198. The maximum Gasteiger partial charge on any atom is 0.0587 e. The number of hydrogen-bond donors (Lipinski definition) is 2. The Hall–Kier alpha value is -0.970. The van der Waals surface area contributed by atoms with Crippen LogP contribution < -0.4 is 10.6 Å². The molecule has 96 valence electrons. The topological polar surface area (TPSA) is 46.2 Å². The van der Waals surface area contributed by atoms with Gasteiger partial charge in [-0.05, 0) is 31.5 Å². The first kappa shape index (κ1) is 14.1. The molecule has 0 amide bonds. The van der Waals surface area contributed by atoms with E-state index in [0.29, 0.717) is 6.04 Å². The Bertz CT molecular complexity index is 279. The highest BCUT2D eigenvalue weighted by Gasteiger charge is 2.00. The van der Waals surface area contributed by atoms with Crippen LogP contribution in [0.1, 0.15) is 12.5 Å². The van der Waals surface area contributed by atoms with E-state index in [0.717, 1.165) is 32.7 Å². The maximum atomic E-state index is 4.97. The highest BCUT2D eigenvalue weighted by molar-refractivity contribution is 5.08. The predicted octanol–water partition coefficient (Wildman–Crippen LogP) is 0.838. The number of ether oxygens (including phenoxy) is 1. The summed E-state index contributed by atoms with van der Waals surface area (Å²) in [6, 6.07) is 4.56. The molecule has 0 aliphatic rings. The fourth-order valence-electron chi connectivity index (χ4n) is 1.57. The molecule has 0 saturated carbocycles. The molecule has 1 rings (SSSR count). The average molecular weight is 237 g/mol. The van der Waals surface area contributed by atoms with Crippen LogP contribution in [0.4, 0.5) is 0 Å². The molecule has 17 heavy (non-hydrogen) atoms. The summed E-state index contributed by atoms with van der Waals surface area (Å²) in [6.45, 7) is 5.81. The van der Waals surface area contributed by atoms with Crippen LogP contribution in [-0.2, 0) is 11.2 Å². The molecular weight excluding hydrogens is 214 g/mol. The van der Waals surface area contributed by atoms with Gasteiger partial charge in [0, 0.05) is 38.6 Å². The SMILES string of the molecule is COCCNCC(C)NCCc1cccnc1. The van der Waals surface area contributed by atoms with Crippen molar-refractivity contribution in [1.82, 2.24) is 15.6 Å². The molecule has 2 N–H and O–H groups in total. The molecule has 0 fully saturated rings.